The van der Waals surface area contributed by atoms with Gasteiger partial charge in [-0.1, -0.05) is 60.7 Å². The first-order valence-corrected chi connectivity index (χ1v) is 13.4. The third kappa shape index (κ3) is 4.00. The number of amides is 3. The zero-order valence-electron chi connectivity index (χ0n) is 20.6. The van der Waals surface area contributed by atoms with Gasteiger partial charge in [-0.25, -0.2) is 0 Å². The molecule has 2 aromatic rings. The van der Waals surface area contributed by atoms with Crippen LogP contribution < -0.4 is 10.6 Å². The summed E-state index contributed by atoms with van der Waals surface area (Å²) in [6.45, 7) is 4.32. The number of aliphatic hydroxyl groups is 1. The highest BCUT2D eigenvalue weighted by Crippen LogP contribution is 2.71. The molecule has 2 unspecified atom stereocenters. The van der Waals surface area contributed by atoms with Gasteiger partial charge in [0.05, 0.1) is 29.2 Å². The Labute approximate surface area is 216 Å². The van der Waals surface area contributed by atoms with E-state index in [2.05, 4.69) is 17.6 Å². The van der Waals surface area contributed by atoms with Crippen molar-refractivity contribution >= 4 is 29.5 Å². The first-order chi connectivity index (χ1) is 17.3. The maximum absolute atomic E-state index is 13.9. The maximum atomic E-state index is 13.9. The smallest absolute Gasteiger partial charge is 0.244 e. The molecule has 3 N–H and O–H groups in total. The van der Waals surface area contributed by atoms with Crippen LogP contribution in [-0.4, -0.2) is 55.9 Å². The molecule has 2 aromatic carbocycles. The Morgan fingerprint density at radius 2 is 1.56 bits per heavy atom. The van der Waals surface area contributed by atoms with Crippen LogP contribution in [0.4, 0.5) is 0 Å². The minimum atomic E-state index is -0.736. The van der Waals surface area contributed by atoms with Crippen molar-refractivity contribution in [2.24, 2.45) is 11.8 Å². The van der Waals surface area contributed by atoms with E-state index in [0.717, 1.165) is 17.5 Å². The van der Waals surface area contributed by atoms with Crippen molar-refractivity contribution < 1.29 is 19.5 Å². The van der Waals surface area contributed by atoms with E-state index in [1.165, 1.54) is 0 Å². The molecule has 0 aliphatic carbocycles. The Kier molecular flexibility index (Phi) is 6.59. The van der Waals surface area contributed by atoms with Gasteiger partial charge in [0.1, 0.15) is 6.04 Å². The van der Waals surface area contributed by atoms with Gasteiger partial charge in [0.25, 0.3) is 0 Å². The van der Waals surface area contributed by atoms with E-state index in [-0.39, 0.29) is 24.3 Å². The minimum Gasteiger partial charge on any atom is -0.394 e. The molecule has 3 aliphatic rings. The highest BCUT2D eigenvalue weighted by Gasteiger charge is 2.77. The molecule has 36 heavy (non-hydrogen) atoms. The zero-order valence-corrected chi connectivity index (χ0v) is 21.5. The number of hydrogen-bond donors (Lipinski definition) is 3. The number of thioether (sulfide) groups is 1. The summed E-state index contributed by atoms with van der Waals surface area (Å²) < 4.78 is -1.11. The van der Waals surface area contributed by atoms with Gasteiger partial charge in [-0.3, -0.25) is 14.4 Å². The van der Waals surface area contributed by atoms with Gasteiger partial charge in [-0.05, 0) is 37.8 Å². The molecule has 3 saturated heterocycles. The fraction of sp³-hybridized carbons (Fsp3) is 0.464. The monoisotopic (exact) mass is 507 g/mol. The van der Waals surface area contributed by atoms with Gasteiger partial charge in [-0.2, -0.15) is 0 Å². The van der Waals surface area contributed by atoms with Crippen molar-refractivity contribution in [3.63, 3.8) is 0 Å². The molecule has 3 aliphatic heterocycles. The predicted molar refractivity (Wildman–Crippen MR) is 139 cm³/mol. The van der Waals surface area contributed by atoms with Crippen LogP contribution >= 0.6 is 11.8 Å². The number of fused-ring (bicyclic) bond motifs is 1. The normalized spacial score (nSPS) is 31.2. The van der Waals surface area contributed by atoms with Crippen LogP contribution in [0, 0.1) is 11.8 Å². The van der Waals surface area contributed by atoms with E-state index >= 15 is 0 Å². The molecule has 3 fully saturated rings. The molecule has 2 bridgehead atoms. The Morgan fingerprint density at radius 1 is 1.00 bits per heavy atom. The van der Waals surface area contributed by atoms with Gasteiger partial charge in [0, 0.05) is 17.8 Å². The molecule has 0 aromatic heterocycles. The van der Waals surface area contributed by atoms with Gasteiger partial charge >= 0.3 is 0 Å². The maximum Gasteiger partial charge on any atom is 0.244 e. The molecule has 7 nitrogen and oxygen atoms in total. The van der Waals surface area contributed by atoms with Crippen LogP contribution in [0.3, 0.4) is 0 Å². The summed E-state index contributed by atoms with van der Waals surface area (Å²) in [4.78, 5) is 42.8. The van der Waals surface area contributed by atoms with Crippen LogP contribution in [0.25, 0.3) is 0 Å². The molecule has 3 amide bonds. The predicted octanol–water partition coefficient (Wildman–Crippen LogP) is 2.48. The second kappa shape index (κ2) is 9.56. The van der Waals surface area contributed by atoms with Crippen LogP contribution in [0.15, 0.2) is 60.7 Å². The first-order valence-electron chi connectivity index (χ1n) is 12.6. The Hall–Kier alpha value is -2.84. The van der Waals surface area contributed by atoms with Crippen LogP contribution in [0.5, 0.6) is 0 Å². The second-order valence-corrected chi connectivity index (χ2v) is 12.3. The summed E-state index contributed by atoms with van der Waals surface area (Å²) in [6.07, 6.45) is 1.44. The van der Waals surface area contributed by atoms with E-state index < -0.39 is 33.4 Å². The molecule has 1 spiro atoms. The highest BCUT2D eigenvalue weighted by atomic mass is 32.2. The van der Waals surface area contributed by atoms with Crippen molar-refractivity contribution in [3.05, 3.63) is 71.8 Å². The van der Waals surface area contributed by atoms with Gasteiger partial charge in [0.2, 0.25) is 17.7 Å². The number of likely N-dealkylation sites (tertiary alicyclic amines) is 1. The van der Waals surface area contributed by atoms with E-state index in [9.17, 15) is 19.5 Å². The van der Waals surface area contributed by atoms with Gasteiger partial charge < -0.3 is 20.6 Å². The van der Waals surface area contributed by atoms with Crippen molar-refractivity contribution in [2.45, 2.75) is 61.4 Å². The summed E-state index contributed by atoms with van der Waals surface area (Å²) in [5.74, 6) is -1.70. The van der Waals surface area contributed by atoms with Gasteiger partial charge in [-0.15, -0.1) is 11.8 Å². The SMILES string of the molecule is C[C@H](CO)N1C(=O)[C@@H]2[C@@H](C(=O)NCc3ccccc3)[C@@]3(C)CCC2(S3)C1C(=O)NCc1ccccc1. The fourth-order valence-corrected chi connectivity index (χ4v) is 8.75. The summed E-state index contributed by atoms with van der Waals surface area (Å²) >= 11 is 1.64. The molecule has 5 rings (SSSR count). The Balaban J connectivity index is 1.43. The quantitative estimate of drug-likeness (QED) is 0.510. The van der Waals surface area contributed by atoms with E-state index in [1.807, 2.05) is 60.7 Å². The second-order valence-electron chi connectivity index (χ2n) is 10.4. The number of nitrogens with zero attached hydrogens (tertiary/aromatic N) is 1. The topological polar surface area (TPSA) is 98.7 Å². The third-order valence-electron chi connectivity index (χ3n) is 8.10. The first kappa shape index (κ1) is 24.8. The number of carbonyl (C=O) groups is 3. The van der Waals surface area contributed by atoms with E-state index in [0.29, 0.717) is 19.5 Å². The number of benzene rings is 2. The fourth-order valence-electron chi connectivity index (χ4n) is 6.40. The summed E-state index contributed by atoms with van der Waals surface area (Å²) in [6, 6.07) is 18.1. The molecule has 190 valence electrons. The van der Waals surface area contributed by atoms with Crippen molar-refractivity contribution in [2.75, 3.05) is 6.61 Å². The molecule has 6 atom stereocenters. The number of rotatable bonds is 8. The number of carbonyl (C=O) groups excluding carboxylic acids is 3. The number of hydrogen-bond acceptors (Lipinski definition) is 5. The molecular weight excluding hydrogens is 474 g/mol. The average molecular weight is 508 g/mol. The Bertz CT molecular complexity index is 1150. The third-order valence-corrected chi connectivity index (χ3v) is 10.1. The lowest BCUT2D eigenvalue weighted by Crippen LogP contribution is -2.55. The number of aliphatic hydroxyl groups excluding tert-OH is 1. The molecule has 3 heterocycles. The standard InChI is InChI=1S/C28H33N3O4S/c1-18(17-32)31-23(25(34)30-16-20-11-7-4-8-12-20)28-14-13-27(2,36-28)21(22(28)26(31)35)24(33)29-15-19-9-5-3-6-10-19/h3-12,18,21-23,32H,13-17H2,1-2H3,(H,29,33)(H,30,34)/t18-,21+,22+,23?,27-,28?/m1/s1. The van der Waals surface area contributed by atoms with Crippen LogP contribution in [0.1, 0.15) is 37.8 Å². The summed E-state index contributed by atoms with van der Waals surface area (Å²) in [7, 11) is 0. The lowest BCUT2D eigenvalue weighted by Gasteiger charge is -2.36. The Morgan fingerprint density at radius 3 is 2.11 bits per heavy atom. The zero-order chi connectivity index (χ0) is 25.5. The summed E-state index contributed by atoms with van der Waals surface area (Å²) in [5, 5.41) is 16.1. The molecule has 0 radical (unpaired) electrons. The molecular formula is C28H33N3O4S. The highest BCUT2D eigenvalue weighted by molar-refractivity contribution is 8.02. The minimum absolute atomic E-state index is 0.143. The van der Waals surface area contributed by atoms with E-state index in [4.69, 9.17) is 0 Å². The van der Waals surface area contributed by atoms with E-state index in [1.54, 1.807) is 23.6 Å². The number of nitrogens with one attached hydrogen (secondary N) is 2. The summed E-state index contributed by atoms with van der Waals surface area (Å²) in [5.41, 5.74) is 1.97. The average Bonchev–Trinajstić information content (AvgIpc) is 3.47. The lowest BCUT2D eigenvalue weighted by molar-refractivity contribution is -0.143. The van der Waals surface area contributed by atoms with Crippen LogP contribution in [0.2, 0.25) is 0 Å². The van der Waals surface area contributed by atoms with Crippen molar-refractivity contribution in [1.82, 2.24) is 15.5 Å². The van der Waals surface area contributed by atoms with Gasteiger partial charge in [0.15, 0.2) is 0 Å². The lowest BCUT2D eigenvalue weighted by atomic mass is 9.66. The van der Waals surface area contributed by atoms with Crippen LogP contribution in [-0.2, 0) is 27.5 Å². The van der Waals surface area contributed by atoms with Crippen molar-refractivity contribution in [3.8, 4) is 0 Å². The molecule has 0 saturated carbocycles. The van der Waals surface area contributed by atoms with Crippen molar-refractivity contribution in [1.29, 1.82) is 0 Å². The largest absolute Gasteiger partial charge is 0.394 e. The molecule has 8 heteroatoms.